The van der Waals surface area contributed by atoms with E-state index in [1.165, 1.54) is 0 Å². The predicted molar refractivity (Wildman–Crippen MR) is 66.8 cm³/mol. The molecule has 0 bridgehead atoms. The average molecular weight is 286 g/mol. The molecule has 1 aromatic carbocycles. The first-order valence-electron chi connectivity index (χ1n) is 5.23. The highest BCUT2D eigenvalue weighted by atomic mass is 79.9. The molecule has 0 spiro atoms. The molecule has 1 amide bonds. The molecule has 0 fully saturated rings. The quantitative estimate of drug-likeness (QED) is 0.845. The summed E-state index contributed by atoms with van der Waals surface area (Å²) >= 11 is 3.36. The Morgan fingerprint density at radius 2 is 2.25 bits per heavy atom. The van der Waals surface area contributed by atoms with Crippen molar-refractivity contribution < 1.29 is 9.63 Å². The molecule has 88 valence electrons. The fourth-order valence-electron chi connectivity index (χ4n) is 1.16. The summed E-state index contributed by atoms with van der Waals surface area (Å²) in [5.74, 6) is 0.282. The van der Waals surface area contributed by atoms with Gasteiger partial charge in [-0.2, -0.15) is 0 Å². The van der Waals surface area contributed by atoms with Crippen molar-refractivity contribution >= 4 is 21.8 Å². The van der Waals surface area contributed by atoms with Crippen LogP contribution in [-0.4, -0.2) is 12.5 Å². The summed E-state index contributed by atoms with van der Waals surface area (Å²) < 4.78 is 0.973. The lowest BCUT2D eigenvalue weighted by Crippen LogP contribution is -2.27. The highest BCUT2D eigenvalue weighted by Gasteiger charge is 2.04. The van der Waals surface area contributed by atoms with E-state index in [1.54, 1.807) is 0 Å². The number of hydrogen-bond acceptors (Lipinski definition) is 2. The number of rotatable bonds is 5. The molecule has 0 atom stereocenters. The second-order valence-electron chi connectivity index (χ2n) is 4.04. The largest absolute Gasteiger partial charge is 0.273 e. The number of hydroxylamine groups is 1. The van der Waals surface area contributed by atoms with Gasteiger partial charge in [-0.25, -0.2) is 5.48 Å². The lowest BCUT2D eigenvalue weighted by atomic mass is 10.1. The maximum absolute atomic E-state index is 11.5. The minimum Gasteiger partial charge on any atom is -0.273 e. The normalized spacial score (nSPS) is 10.5. The number of nitrogens with one attached hydrogen (secondary N) is 1. The van der Waals surface area contributed by atoms with Gasteiger partial charge in [0.25, 0.3) is 0 Å². The van der Waals surface area contributed by atoms with E-state index < -0.39 is 0 Å². The Kier molecular flexibility index (Phi) is 5.49. The number of amides is 1. The molecule has 0 radical (unpaired) electrons. The zero-order valence-corrected chi connectivity index (χ0v) is 11.1. The van der Waals surface area contributed by atoms with E-state index in [-0.39, 0.29) is 5.91 Å². The molecule has 4 heteroatoms. The monoisotopic (exact) mass is 285 g/mol. The van der Waals surface area contributed by atoms with Gasteiger partial charge in [-0.3, -0.25) is 9.63 Å². The summed E-state index contributed by atoms with van der Waals surface area (Å²) in [6.07, 6.45) is 0.331. The van der Waals surface area contributed by atoms with Gasteiger partial charge in [-0.05, 0) is 23.6 Å². The van der Waals surface area contributed by atoms with Gasteiger partial charge < -0.3 is 0 Å². The third kappa shape index (κ3) is 5.28. The van der Waals surface area contributed by atoms with E-state index in [9.17, 15) is 4.79 Å². The van der Waals surface area contributed by atoms with Gasteiger partial charge in [-0.15, -0.1) is 0 Å². The van der Waals surface area contributed by atoms with E-state index >= 15 is 0 Å². The molecule has 0 saturated carbocycles. The number of carbonyl (C=O) groups is 1. The molecule has 0 heterocycles. The summed E-state index contributed by atoms with van der Waals surface area (Å²) in [5.41, 5.74) is 3.39. The van der Waals surface area contributed by atoms with Gasteiger partial charge in [0, 0.05) is 4.47 Å². The van der Waals surface area contributed by atoms with Crippen molar-refractivity contribution in [3.63, 3.8) is 0 Å². The molecule has 1 N–H and O–H groups in total. The van der Waals surface area contributed by atoms with Crippen LogP contribution in [0.4, 0.5) is 0 Å². The fourth-order valence-corrected chi connectivity index (χ4v) is 1.60. The Bertz CT molecular complexity index is 353. The average Bonchev–Trinajstić information content (AvgIpc) is 2.16. The zero-order valence-electron chi connectivity index (χ0n) is 9.50. The topological polar surface area (TPSA) is 38.3 Å². The highest BCUT2D eigenvalue weighted by molar-refractivity contribution is 9.10. The summed E-state index contributed by atoms with van der Waals surface area (Å²) in [4.78, 5) is 16.5. The first-order valence-corrected chi connectivity index (χ1v) is 6.02. The van der Waals surface area contributed by atoms with E-state index in [1.807, 2.05) is 38.1 Å². The van der Waals surface area contributed by atoms with E-state index in [0.717, 1.165) is 10.0 Å². The maximum Gasteiger partial charge on any atom is 0.247 e. The number of hydrogen-bond donors (Lipinski definition) is 1. The predicted octanol–water partition coefficient (Wildman–Crippen LogP) is 2.70. The molecule has 16 heavy (non-hydrogen) atoms. The van der Waals surface area contributed by atoms with Crippen LogP contribution in [0.2, 0.25) is 0 Å². The van der Waals surface area contributed by atoms with Crippen LogP contribution in [-0.2, 0) is 16.1 Å². The van der Waals surface area contributed by atoms with Gasteiger partial charge in [0.1, 0.15) is 0 Å². The Morgan fingerprint density at radius 1 is 1.50 bits per heavy atom. The standard InChI is InChI=1S/C12H16BrNO2/c1-9(2)8-16-14-12(15)7-10-4-3-5-11(13)6-10/h3-6,9H,7-8H2,1-2H3,(H,14,15). The third-order valence-electron chi connectivity index (χ3n) is 1.86. The van der Waals surface area contributed by atoms with Gasteiger partial charge in [0.15, 0.2) is 0 Å². The summed E-state index contributed by atoms with van der Waals surface area (Å²) in [7, 11) is 0. The van der Waals surface area contributed by atoms with Crippen LogP contribution in [0.25, 0.3) is 0 Å². The minimum atomic E-state index is -0.126. The van der Waals surface area contributed by atoms with Crippen LogP contribution < -0.4 is 5.48 Å². The molecule has 0 saturated heterocycles. The van der Waals surface area contributed by atoms with Crippen LogP contribution in [0.15, 0.2) is 28.7 Å². The van der Waals surface area contributed by atoms with Crippen molar-refractivity contribution in [3.05, 3.63) is 34.3 Å². The minimum absolute atomic E-state index is 0.126. The fraction of sp³-hybridized carbons (Fsp3) is 0.417. The Labute approximate surface area is 104 Å². The molecule has 0 unspecified atom stereocenters. The first kappa shape index (κ1) is 13.2. The van der Waals surface area contributed by atoms with Gasteiger partial charge >= 0.3 is 0 Å². The molecule has 0 aromatic heterocycles. The van der Waals surface area contributed by atoms with Crippen LogP contribution in [0.1, 0.15) is 19.4 Å². The first-order chi connectivity index (χ1) is 7.58. The van der Waals surface area contributed by atoms with E-state index in [4.69, 9.17) is 4.84 Å². The van der Waals surface area contributed by atoms with Crippen molar-refractivity contribution in [1.82, 2.24) is 5.48 Å². The van der Waals surface area contributed by atoms with Gasteiger partial charge in [0.05, 0.1) is 13.0 Å². The molecule has 3 nitrogen and oxygen atoms in total. The van der Waals surface area contributed by atoms with Gasteiger partial charge in [0.2, 0.25) is 5.91 Å². The Morgan fingerprint density at radius 3 is 2.88 bits per heavy atom. The van der Waals surface area contributed by atoms with Crippen molar-refractivity contribution in [2.24, 2.45) is 5.92 Å². The molecule has 1 aromatic rings. The number of carbonyl (C=O) groups excluding carboxylic acids is 1. The van der Waals surface area contributed by atoms with Gasteiger partial charge in [-0.1, -0.05) is 41.9 Å². The van der Waals surface area contributed by atoms with E-state index in [2.05, 4.69) is 21.4 Å². The summed E-state index contributed by atoms with van der Waals surface area (Å²) in [6.45, 7) is 4.59. The molecule has 0 aliphatic rings. The van der Waals surface area contributed by atoms with Crippen LogP contribution in [0.3, 0.4) is 0 Å². The summed E-state index contributed by atoms with van der Waals surface area (Å²) in [6, 6.07) is 7.66. The highest BCUT2D eigenvalue weighted by Crippen LogP contribution is 2.11. The van der Waals surface area contributed by atoms with Crippen LogP contribution in [0.5, 0.6) is 0 Å². The lowest BCUT2D eigenvalue weighted by molar-refractivity contribution is -0.133. The molecule has 1 rings (SSSR count). The van der Waals surface area contributed by atoms with Crippen molar-refractivity contribution in [3.8, 4) is 0 Å². The van der Waals surface area contributed by atoms with Crippen LogP contribution >= 0.6 is 15.9 Å². The third-order valence-corrected chi connectivity index (χ3v) is 2.35. The molecular weight excluding hydrogens is 270 g/mol. The van der Waals surface area contributed by atoms with Crippen molar-refractivity contribution in [2.75, 3.05) is 6.61 Å². The van der Waals surface area contributed by atoms with E-state index in [0.29, 0.717) is 18.9 Å². The van der Waals surface area contributed by atoms with Crippen molar-refractivity contribution in [1.29, 1.82) is 0 Å². The van der Waals surface area contributed by atoms with Crippen molar-refractivity contribution in [2.45, 2.75) is 20.3 Å². The molecule has 0 aliphatic heterocycles. The second kappa shape index (κ2) is 6.66. The smallest absolute Gasteiger partial charge is 0.247 e. The number of benzene rings is 1. The maximum atomic E-state index is 11.5. The zero-order chi connectivity index (χ0) is 12.0. The Hall–Kier alpha value is -0.870. The molecule has 0 aliphatic carbocycles. The summed E-state index contributed by atoms with van der Waals surface area (Å²) in [5, 5.41) is 0. The Balaban J connectivity index is 2.34. The number of halogens is 1. The lowest BCUT2D eigenvalue weighted by Gasteiger charge is -2.07. The molecular formula is C12H16BrNO2. The SMILES string of the molecule is CC(C)CONC(=O)Cc1cccc(Br)c1. The van der Waals surface area contributed by atoms with Crippen LogP contribution in [0, 0.1) is 5.92 Å². The second-order valence-corrected chi connectivity index (χ2v) is 4.95.